The molecule has 1 heterocycles. The number of rotatable bonds is 2. The number of Topliss-reactive ketones (excluding diaryl/α,β-unsaturated/α-hetero) is 1. The zero-order valence-electron chi connectivity index (χ0n) is 13.0. The number of ether oxygens (including phenoxy) is 1. The average molecular weight is 296 g/mol. The van der Waals surface area contributed by atoms with Crippen molar-refractivity contribution in [3.63, 3.8) is 0 Å². The lowest BCUT2D eigenvalue weighted by molar-refractivity contribution is -0.134. The second-order valence-corrected chi connectivity index (χ2v) is 8.75. The van der Waals surface area contributed by atoms with Crippen molar-refractivity contribution in [3.05, 3.63) is 0 Å². The third-order valence-corrected chi connectivity index (χ3v) is 7.65. The second-order valence-electron chi connectivity index (χ2n) is 7.27. The van der Waals surface area contributed by atoms with Crippen LogP contribution < -0.4 is 0 Å². The van der Waals surface area contributed by atoms with Gasteiger partial charge in [0.15, 0.2) is 0 Å². The standard InChI is InChI=1S/C17H28O2S/c1-10(2)11-7-8-12-15(9-11)20-14-6-4-5-13(19-3)16(14)17(12)18/h10-16H,4-9H2,1-3H3. The van der Waals surface area contributed by atoms with E-state index in [0.29, 0.717) is 22.2 Å². The Morgan fingerprint density at radius 1 is 1.15 bits per heavy atom. The minimum atomic E-state index is 0.190. The SMILES string of the molecule is COC1CCCC2SC3CC(C(C)C)CCC3C(=O)C12. The maximum absolute atomic E-state index is 12.9. The predicted molar refractivity (Wildman–Crippen MR) is 84.0 cm³/mol. The van der Waals surface area contributed by atoms with Crippen LogP contribution in [0, 0.1) is 23.7 Å². The number of hydrogen-bond acceptors (Lipinski definition) is 3. The molecule has 0 radical (unpaired) electrons. The minimum absolute atomic E-state index is 0.190. The molecule has 0 amide bonds. The molecule has 114 valence electrons. The first-order valence-electron chi connectivity index (χ1n) is 8.33. The van der Waals surface area contributed by atoms with E-state index in [2.05, 4.69) is 25.6 Å². The quantitative estimate of drug-likeness (QED) is 0.772. The van der Waals surface area contributed by atoms with Crippen LogP contribution in [0.25, 0.3) is 0 Å². The molecule has 0 aromatic heterocycles. The first kappa shape index (κ1) is 14.9. The van der Waals surface area contributed by atoms with Crippen molar-refractivity contribution in [1.29, 1.82) is 0 Å². The lowest BCUT2D eigenvalue weighted by Crippen LogP contribution is -2.52. The van der Waals surface area contributed by atoms with Gasteiger partial charge in [0.05, 0.1) is 12.0 Å². The molecular weight excluding hydrogens is 268 g/mol. The monoisotopic (exact) mass is 296 g/mol. The summed E-state index contributed by atoms with van der Waals surface area (Å²) in [5.74, 6) is 2.66. The van der Waals surface area contributed by atoms with Crippen LogP contribution in [-0.4, -0.2) is 29.5 Å². The number of carbonyl (C=O) groups is 1. The van der Waals surface area contributed by atoms with Gasteiger partial charge in [-0.15, -0.1) is 0 Å². The van der Waals surface area contributed by atoms with Crippen LogP contribution >= 0.6 is 11.8 Å². The highest BCUT2D eigenvalue weighted by molar-refractivity contribution is 8.00. The van der Waals surface area contributed by atoms with Gasteiger partial charge in [-0.05, 0) is 50.4 Å². The highest BCUT2D eigenvalue weighted by Gasteiger charge is 2.50. The maximum Gasteiger partial charge on any atom is 0.143 e. The summed E-state index contributed by atoms with van der Waals surface area (Å²) in [6, 6.07) is 0. The third kappa shape index (κ3) is 2.56. The van der Waals surface area contributed by atoms with E-state index in [-0.39, 0.29) is 12.0 Å². The van der Waals surface area contributed by atoms with Crippen LogP contribution in [0.15, 0.2) is 0 Å². The highest BCUT2D eigenvalue weighted by atomic mass is 32.2. The summed E-state index contributed by atoms with van der Waals surface area (Å²) in [4.78, 5) is 12.9. The van der Waals surface area contributed by atoms with E-state index in [1.54, 1.807) is 7.11 Å². The van der Waals surface area contributed by atoms with Crippen molar-refractivity contribution in [2.24, 2.45) is 23.7 Å². The Bertz CT molecular complexity index is 368. The topological polar surface area (TPSA) is 26.3 Å². The summed E-state index contributed by atoms with van der Waals surface area (Å²) in [7, 11) is 1.78. The van der Waals surface area contributed by atoms with Crippen molar-refractivity contribution >= 4 is 17.5 Å². The number of hydrogen-bond donors (Lipinski definition) is 0. The van der Waals surface area contributed by atoms with Crippen LogP contribution in [0.3, 0.4) is 0 Å². The molecule has 20 heavy (non-hydrogen) atoms. The van der Waals surface area contributed by atoms with Crippen LogP contribution in [0.2, 0.25) is 0 Å². The van der Waals surface area contributed by atoms with E-state index >= 15 is 0 Å². The Morgan fingerprint density at radius 3 is 2.65 bits per heavy atom. The Kier molecular flexibility index (Phi) is 4.47. The zero-order valence-corrected chi connectivity index (χ0v) is 13.8. The molecular formula is C17H28O2S. The van der Waals surface area contributed by atoms with Gasteiger partial charge in [0.2, 0.25) is 0 Å². The summed E-state index contributed by atoms with van der Waals surface area (Å²) in [6.07, 6.45) is 7.36. The summed E-state index contributed by atoms with van der Waals surface area (Å²) in [6.45, 7) is 4.68. The molecule has 3 aliphatic rings. The van der Waals surface area contributed by atoms with Crippen molar-refractivity contribution in [1.82, 2.24) is 0 Å². The molecule has 2 nitrogen and oxygen atoms in total. The number of methoxy groups -OCH3 is 1. The Morgan fingerprint density at radius 2 is 1.95 bits per heavy atom. The normalized spacial score (nSPS) is 45.1. The lowest BCUT2D eigenvalue weighted by atomic mass is 9.70. The number of ketones is 1. The van der Waals surface area contributed by atoms with Crippen LogP contribution in [0.5, 0.6) is 0 Å². The van der Waals surface area contributed by atoms with Crippen molar-refractivity contribution in [3.8, 4) is 0 Å². The molecule has 3 fully saturated rings. The van der Waals surface area contributed by atoms with E-state index in [1.807, 2.05) is 0 Å². The summed E-state index contributed by atoms with van der Waals surface area (Å²) < 4.78 is 5.64. The predicted octanol–water partition coefficient (Wildman–Crippen LogP) is 3.93. The van der Waals surface area contributed by atoms with Gasteiger partial charge < -0.3 is 4.74 Å². The van der Waals surface area contributed by atoms with E-state index in [0.717, 1.165) is 24.7 Å². The minimum Gasteiger partial charge on any atom is -0.381 e. The van der Waals surface area contributed by atoms with Gasteiger partial charge in [-0.1, -0.05) is 13.8 Å². The molecule has 3 rings (SSSR count). The fourth-order valence-corrected chi connectivity index (χ4v) is 6.66. The average Bonchev–Trinajstić information content (AvgIpc) is 2.46. The fourth-order valence-electron chi connectivity index (χ4n) is 4.62. The maximum atomic E-state index is 12.9. The van der Waals surface area contributed by atoms with Crippen LogP contribution in [0.4, 0.5) is 0 Å². The Balaban J connectivity index is 1.76. The number of carbonyl (C=O) groups excluding carboxylic acids is 1. The Hall–Kier alpha value is -0.0200. The van der Waals surface area contributed by atoms with Gasteiger partial charge in [0.25, 0.3) is 0 Å². The fraction of sp³-hybridized carbons (Fsp3) is 0.941. The van der Waals surface area contributed by atoms with Gasteiger partial charge in [-0.3, -0.25) is 4.79 Å². The van der Waals surface area contributed by atoms with E-state index in [4.69, 9.17) is 4.74 Å². The van der Waals surface area contributed by atoms with E-state index in [9.17, 15) is 4.79 Å². The van der Waals surface area contributed by atoms with E-state index in [1.165, 1.54) is 25.7 Å². The van der Waals surface area contributed by atoms with E-state index < -0.39 is 0 Å². The zero-order chi connectivity index (χ0) is 14.3. The van der Waals surface area contributed by atoms with Crippen LogP contribution in [-0.2, 0) is 9.53 Å². The van der Waals surface area contributed by atoms with Gasteiger partial charge in [0.1, 0.15) is 5.78 Å². The second kappa shape index (κ2) is 6.00. The molecule has 1 aliphatic heterocycles. The molecule has 0 bridgehead atoms. The molecule has 0 aromatic carbocycles. The number of fused-ring (bicyclic) bond motifs is 2. The molecule has 0 spiro atoms. The van der Waals surface area contributed by atoms with Gasteiger partial charge >= 0.3 is 0 Å². The van der Waals surface area contributed by atoms with Gasteiger partial charge in [0, 0.05) is 23.5 Å². The van der Waals surface area contributed by atoms with Gasteiger partial charge in [-0.25, -0.2) is 0 Å². The largest absolute Gasteiger partial charge is 0.381 e. The molecule has 3 heteroatoms. The number of thioether (sulfide) groups is 1. The Labute approximate surface area is 127 Å². The third-order valence-electron chi connectivity index (χ3n) is 5.90. The molecule has 6 atom stereocenters. The van der Waals surface area contributed by atoms with Crippen molar-refractivity contribution < 1.29 is 9.53 Å². The summed E-state index contributed by atoms with van der Waals surface area (Å²) in [5, 5.41) is 1.13. The van der Waals surface area contributed by atoms with Crippen LogP contribution in [0.1, 0.15) is 52.4 Å². The molecule has 2 aliphatic carbocycles. The lowest BCUT2D eigenvalue weighted by Gasteiger charge is -2.48. The summed E-state index contributed by atoms with van der Waals surface area (Å²) in [5.41, 5.74) is 0. The molecule has 0 aromatic rings. The smallest absolute Gasteiger partial charge is 0.143 e. The molecule has 6 unspecified atom stereocenters. The van der Waals surface area contributed by atoms with Crippen molar-refractivity contribution in [2.45, 2.75) is 69.0 Å². The molecule has 2 saturated carbocycles. The highest BCUT2D eigenvalue weighted by Crippen LogP contribution is 2.51. The summed E-state index contributed by atoms with van der Waals surface area (Å²) >= 11 is 2.14. The first-order chi connectivity index (χ1) is 9.61. The van der Waals surface area contributed by atoms with Crippen molar-refractivity contribution in [2.75, 3.05) is 7.11 Å². The molecule has 0 N–H and O–H groups in total. The first-order valence-corrected chi connectivity index (χ1v) is 9.28. The van der Waals surface area contributed by atoms with Gasteiger partial charge in [-0.2, -0.15) is 11.8 Å². The molecule has 1 saturated heterocycles.